The highest BCUT2D eigenvalue weighted by Gasteiger charge is 2.19. The second-order valence-corrected chi connectivity index (χ2v) is 7.81. The fourth-order valence-electron chi connectivity index (χ4n) is 3.67. The molecule has 0 fully saturated rings. The van der Waals surface area contributed by atoms with Crippen molar-refractivity contribution in [3.63, 3.8) is 0 Å². The molecule has 0 saturated carbocycles. The van der Waals surface area contributed by atoms with Crippen LogP contribution in [0.1, 0.15) is 23.6 Å². The van der Waals surface area contributed by atoms with Gasteiger partial charge in [0, 0.05) is 13.1 Å². The van der Waals surface area contributed by atoms with E-state index in [0.29, 0.717) is 17.7 Å². The molecule has 0 atom stereocenters. The molecule has 2 heterocycles. The molecule has 1 amide bonds. The highest BCUT2D eigenvalue weighted by atomic mass is 19.1. The van der Waals surface area contributed by atoms with E-state index in [0.717, 1.165) is 10.1 Å². The Kier molecular flexibility index (Phi) is 6.21. The van der Waals surface area contributed by atoms with Crippen molar-refractivity contribution in [2.24, 2.45) is 0 Å². The summed E-state index contributed by atoms with van der Waals surface area (Å²) < 4.78 is 17.7. The van der Waals surface area contributed by atoms with Crippen LogP contribution in [-0.2, 0) is 31.0 Å². The SMILES string of the molecule is CCn1cnc2c1c(=O)n(CC(=O)NCc1ccc(C)c(F)c1)c(=O)n2Cc1ccccc1. The van der Waals surface area contributed by atoms with Crippen molar-refractivity contribution in [1.29, 1.82) is 0 Å². The number of halogens is 1. The van der Waals surface area contributed by atoms with Crippen LogP contribution in [0.15, 0.2) is 64.4 Å². The number of carbonyl (C=O) groups is 1. The summed E-state index contributed by atoms with van der Waals surface area (Å²) in [5, 5.41) is 2.65. The second kappa shape index (κ2) is 9.23. The van der Waals surface area contributed by atoms with Crippen LogP contribution >= 0.6 is 0 Å². The zero-order valence-electron chi connectivity index (χ0n) is 18.4. The van der Waals surface area contributed by atoms with E-state index >= 15 is 0 Å². The average Bonchev–Trinajstić information content (AvgIpc) is 3.25. The molecule has 0 aliphatic heterocycles. The number of benzene rings is 2. The number of imidazole rings is 1. The predicted molar refractivity (Wildman–Crippen MR) is 122 cm³/mol. The molecule has 0 aliphatic rings. The maximum atomic E-state index is 13.8. The Morgan fingerprint density at radius 3 is 2.52 bits per heavy atom. The van der Waals surface area contributed by atoms with E-state index in [2.05, 4.69) is 10.3 Å². The van der Waals surface area contributed by atoms with Gasteiger partial charge in [0.1, 0.15) is 12.4 Å². The summed E-state index contributed by atoms with van der Waals surface area (Å²) in [5.41, 5.74) is 1.31. The normalized spacial score (nSPS) is 11.1. The average molecular weight is 449 g/mol. The lowest BCUT2D eigenvalue weighted by molar-refractivity contribution is -0.121. The molecule has 0 unspecified atom stereocenters. The molecule has 1 N–H and O–H groups in total. The van der Waals surface area contributed by atoms with Gasteiger partial charge in [-0.05, 0) is 36.6 Å². The van der Waals surface area contributed by atoms with E-state index in [9.17, 15) is 18.8 Å². The van der Waals surface area contributed by atoms with Gasteiger partial charge in [-0.25, -0.2) is 18.7 Å². The van der Waals surface area contributed by atoms with Crippen molar-refractivity contribution in [2.45, 2.75) is 40.0 Å². The Morgan fingerprint density at radius 1 is 1.06 bits per heavy atom. The Labute approximate surface area is 188 Å². The van der Waals surface area contributed by atoms with Gasteiger partial charge in [-0.15, -0.1) is 0 Å². The van der Waals surface area contributed by atoms with Crippen LogP contribution in [0.2, 0.25) is 0 Å². The van der Waals surface area contributed by atoms with Crippen LogP contribution in [-0.4, -0.2) is 24.6 Å². The van der Waals surface area contributed by atoms with E-state index in [-0.39, 0.29) is 30.1 Å². The number of hydrogen-bond acceptors (Lipinski definition) is 4. The third-order valence-electron chi connectivity index (χ3n) is 5.54. The summed E-state index contributed by atoms with van der Waals surface area (Å²) in [6.45, 7) is 3.85. The molecule has 170 valence electrons. The maximum Gasteiger partial charge on any atom is 0.333 e. The van der Waals surface area contributed by atoms with Crippen LogP contribution in [0.5, 0.6) is 0 Å². The first kappa shape index (κ1) is 22.2. The fourth-order valence-corrected chi connectivity index (χ4v) is 3.67. The smallest absolute Gasteiger partial charge is 0.333 e. The Balaban J connectivity index is 1.67. The van der Waals surface area contributed by atoms with Crippen molar-refractivity contribution < 1.29 is 9.18 Å². The second-order valence-electron chi connectivity index (χ2n) is 7.81. The Morgan fingerprint density at radius 2 is 1.82 bits per heavy atom. The van der Waals surface area contributed by atoms with Gasteiger partial charge >= 0.3 is 5.69 Å². The first-order valence-corrected chi connectivity index (χ1v) is 10.6. The fraction of sp³-hybridized carbons (Fsp3) is 0.250. The van der Waals surface area contributed by atoms with Crippen molar-refractivity contribution in [3.8, 4) is 0 Å². The largest absolute Gasteiger partial charge is 0.350 e. The van der Waals surface area contributed by atoms with Gasteiger partial charge in [0.15, 0.2) is 11.2 Å². The molecular weight excluding hydrogens is 425 g/mol. The summed E-state index contributed by atoms with van der Waals surface area (Å²) in [6.07, 6.45) is 1.52. The van der Waals surface area contributed by atoms with Crippen molar-refractivity contribution in [1.82, 2.24) is 24.0 Å². The molecule has 9 heteroatoms. The van der Waals surface area contributed by atoms with Gasteiger partial charge in [0.25, 0.3) is 5.56 Å². The molecule has 4 aromatic rings. The molecular formula is C24H24FN5O3. The third kappa shape index (κ3) is 4.48. The van der Waals surface area contributed by atoms with Crippen molar-refractivity contribution in [2.75, 3.05) is 0 Å². The summed E-state index contributed by atoms with van der Waals surface area (Å²) in [6, 6.07) is 14.0. The summed E-state index contributed by atoms with van der Waals surface area (Å²) in [7, 11) is 0. The number of nitrogens with zero attached hydrogens (tertiary/aromatic N) is 4. The lowest BCUT2D eigenvalue weighted by Crippen LogP contribution is -2.44. The third-order valence-corrected chi connectivity index (χ3v) is 5.54. The number of fused-ring (bicyclic) bond motifs is 1. The van der Waals surface area contributed by atoms with Gasteiger partial charge in [0.05, 0.1) is 12.9 Å². The lowest BCUT2D eigenvalue weighted by Gasteiger charge is -2.13. The number of rotatable bonds is 7. The monoisotopic (exact) mass is 449 g/mol. The summed E-state index contributed by atoms with van der Waals surface area (Å²) in [5.74, 6) is -0.886. The maximum absolute atomic E-state index is 13.8. The molecule has 0 aliphatic carbocycles. The topological polar surface area (TPSA) is 90.9 Å². The van der Waals surface area contributed by atoms with Crippen LogP contribution in [0.3, 0.4) is 0 Å². The molecule has 2 aromatic carbocycles. The zero-order valence-corrected chi connectivity index (χ0v) is 18.4. The van der Waals surface area contributed by atoms with Gasteiger partial charge in [0.2, 0.25) is 5.91 Å². The van der Waals surface area contributed by atoms with Crippen LogP contribution in [0.25, 0.3) is 11.2 Å². The van der Waals surface area contributed by atoms with Gasteiger partial charge in [-0.1, -0.05) is 42.5 Å². The van der Waals surface area contributed by atoms with E-state index in [1.54, 1.807) is 23.6 Å². The van der Waals surface area contributed by atoms with Crippen molar-refractivity contribution >= 4 is 17.1 Å². The molecule has 4 rings (SSSR count). The Hall–Kier alpha value is -4.01. The van der Waals surface area contributed by atoms with E-state index < -0.39 is 23.7 Å². The molecule has 0 spiro atoms. The number of carbonyl (C=O) groups excluding carboxylic acids is 1. The van der Waals surface area contributed by atoms with Gasteiger partial charge < -0.3 is 9.88 Å². The minimum atomic E-state index is -0.616. The van der Waals surface area contributed by atoms with E-state index in [1.165, 1.54) is 17.0 Å². The Bertz CT molecular complexity index is 1440. The first-order valence-electron chi connectivity index (χ1n) is 10.6. The predicted octanol–water partition coefficient (Wildman–Crippen LogP) is 2.19. The summed E-state index contributed by atoms with van der Waals surface area (Å²) >= 11 is 0. The van der Waals surface area contributed by atoms with Crippen LogP contribution < -0.4 is 16.6 Å². The minimum absolute atomic E-state index is 0.0815. The highest BCUT2D eigenvalue weighted by molar-refractivity contribution is 5.76. The van der Waals surface area contributed by atoms with Gasteiger partial charge in [-0.2, -0.15) is 0 Å². The molecule has 2 aromatic heterocycles. The molecule has 0 bridgehead atoms. The number of amides is 1. The van der Waals surface area contributed by atoms with E-state index in [1.807, 2.05) is 37.3 Å². The quantitative estimate of drug-likeness (QED) is 0.468. The number of aryl methyl sites for hydroxylation is 2. The van der Waals surface area contributed by atoms with Gasteiger partial charge in [-0.3, -0.25) is 14.2 Å². The minimum Gasteiger partial charge on any atom is -0.350 e. The van der Waals surface area contributed by atoms with Crippen molar-refractivity contribution in [3.05, 3.63) is 98.2 Å². The standard InChI is InChI=1S/C24H24FN5O3/c1-3-28-15-27-22-21(28)23(32)30(24(33)29(22)13-17-7-5-4-6-8-17)14-20(31)26-12-18-10-9-16(2)19(25)11-18/h4-11,15H,3,12-14H2,1-2H3,(H,26,31). The van der Waals surface area contributed by atoms with Crippen LogP contribution in [0.4, 0.5) is 4.39 Å². The number of nitrogens with one attached hydrogen (secondary N) is 1. The van der Waals surface area contributed by atoms with E-state index in [4.69, 9.17) is 0 Å². The number of hydrogen-bond donors (Lipinski definition) is 1. The molecule has 0 saturated heterocycles. The lowest BCUT2D eigenvalue weighted by atomic mass is 10.1. The summed E-state index contributed by atoms with van der Waals surface area (Å²) in [4.78, 5) is 43.3. The molecule has 0 radical (unpaired) electrons. The molecule has 8 nitrogen and oxygen atoms in total. The zero-order chi connectivity index (χ0) is 23.5. The number of aromatic nitrogens is 4. The molecule has 33 heavy (non-hydrogen) atoms. The van der Waals surface area contributed by atoms with Crippen LogP contribution in [0, 0.1) is 12.7 Å². The highest BCUT2D eigenvalue weighted by Crippen LogP contribution is 2.10. The first-order chi connectivity index (χ1) is 15.9.